The minimum absolute atomic E-state index is 0.0300. The highest BCUT2D eigenvalue weighted by Crippen LogP contribution is 2.29. The highest BCUT2D eigenvalue weighted by atomic mass is 35.5. The van der Waals surface area contributed by atoms with Crippen LogP contribution in [0.15, 0.2) is 18.2 Å². The molecular formula is C21H28ClFN2O4. The van der Waals surface area contributed by atoms with Gasteiger partial charge in [0.15, 0.2) is 0 Å². The van der Waals surface area contributed by atoms with Crippen LogP contribution in [-0.4, -0.2) is 55.4 Å². The van der Waals surface area contributed by atoms with Gasteiger partial charge in [-0.1, -0.05) is 17.7 Å². The lowest BCUT2D eigenvalue weighted by Gasteiger charge is -2.30. The van der Waals surface area contributed by atoms with E-state index >= 15 is 0 Å². The fourth-order valence-corrected chi connectivity index (χ4v) is 4.36. The van der Waals surface area contributed by atoms with Crippen molar-refractivity contribution in [2.45, 2.75) is 56.8 Å². The van der Waals surface area contributed by atoms with E-state index in [9.17, 15) is 14.0 Å². The Kier molecular flexibility index (Phi) is 7.35. The molecule has 2 N–H and O–H groups in total. The predicted molar refractivity (Wildman–Crippen MR) is 108 cm³/mol. The van der Waals surface area contributed by atoms with Gasteiger partial charge in [0.1, 0.15) is 6.17 Å². The molecule has 1 heterocycles. The summed E-state index contributed by atoms with van der Waals surface area (Å²) in [7, 11) is 1.41. The van der Waals surface area contributed by atoms with Gasteiger partial charge in [0, 0.05) is 6.42 Å². The van der Waals surface area contributed by atoms with Crippen LogP contribution in [0, 0.1) is 5.92 Å². The zero-order valence-electron chi connectivity index (χ0n) is 16.6. The third-order valence-corrected chi connectivity index (χ3v) is 6.16. The molecular weight excluding hydrogens is 399 g/mol. The minimum Gasteiger partial charge on any atom is -0.469 e. The van der Waals surface area contributed by atoms with Crippen LogP contribution >= 0.6 is 11.6 Å². The maximum absolute atomic E-state index is 14.0. The average Bonchev–Trinajstić information content (AvgIpc) is 3.09. The lowest BCUT2D eigenvalue weighted by molar-refractivity contribution is -0.148. The minimum atomic E-state index is -1.04. The Bertz CT molecular complexity index is 739. The van der Waals surface area contributed by atoms with Crippen LogP contribution < -0.4 is 5.73 Å². The second-order valence-corrected chi connectivity index (χ2v) is 8.30. The molecule has 1 saturated carbocycles. The Hall–Kier alpha value is -1.86. The van der Waals surface area contributed by atoms with Gasteiger partial charge in [-0.25, -0.2) is 4.39 Å². The number of carbonyl (C=O) groups excluding carboxylic acids is 2. The first-order valence-electron chi connectivity index (χ1n) is 10.0. The van der Waals surface area contributed by atoms with Gasteiger partial charge in [-0.2, -0.15) is 0 Å². The van der Waals surface area contributed by atoms with Crippen molar-refractivity contribution < 1.29 is 23.5 Å². The summed E-state index contributed by atoms with van der Waals surface area (Å²) in [5.74, 6) is -0.376. The normalized spacial score (nSPS) is 27.1. The summed E-state index contributed by atoms with van der Waals surface area (Å²) in [6.45, 7) is 0.396. The van der Waals surface area contributed by atoms with Crippen LogP contribution in [0.2, 0.25) is 5.02 Å². The molecule has 0 spiro atoms. The third kappa shape index (κ3) is 5.60. The van der Waals surface area contributed by atoms with Crippen molar-refractivity contribution in [2.24, 2.45) is 5.92 Å². The molecule has 2 fully saturated rings. The number of anilines is 1. The molecule has 1 saturated heterocycles. The molecule has 1 aromatic rings. The number of nitrogens with zero attached hydrogens (tertiary/aromatic N) is 1. The molecule has 6 nitrogen and oxygen atoms in total. The SMILES string of the molecule is COC(=O)C1CCC(OC[C@@H]2C[C@H](F)CN2C(=O)Cc2ccc(N)c(Cl)c2)CC1. The number of ether oxygens (including phenoxy) is 2. The number of hydrogen-bond acceptors (Lipinski definition) is 5. The molecule has 8 heteroatoms. The second kappa shape index (κ2) is 9.76. The Labute approximate surface area is 175 Å². The van der Waals surface area contributed by atoms with E-state index in [1.54, 1.807) is 23.1 Å². The third-order valence-electron chi connectivity index (χ3n) is 5.84. The average molecular weight is 427 g/mol. The number of benzene rings is 1. The van der Waals surface area contributed by atoms with Gasteiger partial charge in [-0.05, 0) is 43.4 Å². The van der Waals surface area contributed by atoms with Crippen molar-refractivity contribution in [1.29, 1.82) is 0 Å². The molecule has 1 amide bonds. The van der Waals surface area contributed by atoms with Crippen molar-refractivity contribution in [1.82, 2.24) is 4.90 Å². The number of rotatable bonds is 6. The van der Waals surface area contributed by atoms with Gasteiger partial charge in [-0.15, -0.1) is 0 Å². The maximum atomic E-state index is 14.0. The van der Waals surface area contributed by atoms with Gasteiger partial charge in [0.05, 0.1) is 55.5 Å². The largest absolute Gasteiger partial charge is 0.469 e. The maximum Gasteiger partial charge on any atom is 0.308 e. The fraction of sp³-hybridized carbons (Fsp3) is 0.619. The molecule has 1 aliphatic carbocycles. The van der Waals surface area contributed by atoms with Crippen molar-refractivity contribution >= 4 is 29.2 Å². The van der Waals surface area contributed by atoms with E-state index < -0.39 is 6.17 Å². The summed E-state index contributed by atoms with van der Waals surface area (Å²) >= 11 is 6.02. The highest BCUT2D eigenvalue weighted by molar-refractivity contribution is 6.33. The number of esters is 1. The number of likely N-dealkylation sites (tertiary alicyclic amines) is 1. The van der Waals surface area contributed by atoms with E-state index in [1.807, 2.05) is 0 Å². The van der Waals surface area contributed by atoms with E-state index in [2.05, 4.69) is 0 Å². The van der Waals surface area contributed by atoms with Crippen LogP contribution in [0.4, 0.5) is 10.1 Å². The van der Waals surface area contributed by atoms with Gasteiger partial charge in [0.2, 0.25) is 5.91 Å². The molecule has 2 atom stereocenters. The molecule has 29 heavy (non-hydrogen) atoms. The van der Waals surface area contributed by atoms with E-state index in [4.69, 9.17) is 26.8 Å². The zero-order chi connectivity index (χ0) is 21.0. The van der Waals surface area contributed by atoms with Crippen LogP contribution in [-0.2, 0) is 25.5 Å². The van der Waals surface area contributed by atoms with Crippen molar-refractivity contribution in [3.8, 4) is 0 Å². The fourth-order valence-electron chi connectivity index (χ4n) is 4.16. The van der Waals surface area contributed by atoms with Crippen LogP contribution in [0.25, 0.3) is 0 Å². The van der Waals surface area contributed by atoms with Crippen molar-refractivity contribution in [2.75, 3.05) is 26.0 Å². The van der Waals surface area contributed by atoms with E-state index in [0.29, 0.717) is 17.3 Å². The molecule has 0 unspecified atom stereocenters. The summed E-state index contributed by atoms with van der Waals surface area (Å²) in [4.78, 5) is 25.9. The Morgan fingerprint density at radius 3 is 2.66 bits per heavy atom. The summed E-state index contributed by atoms with van der Waals surface area (Å²) in [5.41, 5.74) is 6.91. The summed E-state index contributed by atoms with van der Waals surface area (Å²) < 4.78 is 24.8. The van der Waals surface area contributed by atoms with Crippen LogP contribution in [0.3, 0.4) is 0 Å². The lowest BCUT2D eigenvalue weighted by Crippen LogP contribution is -2.40. The topological polar surface area (TPSA) is 81.9 Å². The second-order valence-electron chi connectivity index (χ2n) is 7.90. The molecule has 0 bridgehead atoms. The Balaban J connectivity index is 1.51. The molecule has 0 radical (unpaired) electrons. The number of halogens is 2. The first-order chi connectivity index (χ1) is 13.9. The van der Waals surface area contributed by atoms with Gasteiger partial charge >= 0.3 is 5.97 Å². The number of amides is 1. The van der Waals surface area contributed by atoms with Crippen LogP contribution in [0.1, 0.15) is 37.7 Å². The zero-order valence-corrected chi connectivity index (χ0v) is 17.4. The lowest BCUT2D eigenvalue weighted by atomic mass is 9.87. The highest BCUT2D eigenvalue weighted by Gasteiger charge is 2.36. The van der Waals surface area contributed by atoms with Crippen molar-refractivity contribution in [3.63, 3.8) is 0 Å². The standard InChI is InChI=1S/C21H28ClFN2O4/c1-28-21(27)14-3-5-17(6-4-14)29-12-16-10-15(23)11-25(16)20(26)9-13-2-7-19(24)18(22)8-13/h2,7-8,14-17H,3-6,9-12,24H2,1H3/t14?,15-,16-,17?/m0/s1. The van der Waals surface area contributed by atoms with E-state index in [0.717, 1.165) is 31.2 Å². The Morgan fingerprint density at radius 2 is 2.00 bits per heavy atom. The molecule has 1 aliphatic heterocycles. The van der Waals surface area contributed by atoms with Gasteiger partial charge in [-0.3, -0.25) is 9.59 Å². The first kappa shape index (κ1) is 21.8. The molecule has 1 aromatic carbocycles. The Morgan fingerprint density at radius 1 is 1.28 bits per heavy atom. The van der Waals surface area contributed by atoms with Gasteiger partial charge in [0.25, 0.3) is 0 Å². The number of nitrogen functional groups attached to an aromatic ring is 1. The molecule has 2 aliphatic rings. The summed E-state index contributed by atoms with van der Waals surface area (Å²) in [5, 5.41) is 0.405. The van der Waals surface area contributed by atoms with E-state index in [-0.39, 0.29) is 49.3 Å². The molecule has 3 rings (SSSR count). The van der Waals surface area contributed by atoms with Gasteiger partial charge < -0.3 is 20.1 Å². The monoisotopic (exact) mass is 426 g/mol. The number of alkyl halides is 1. The first-order valence-corrected chi connectivity index (χ1v) is 10.4. The molecule has 160 valence electrons. The number of methoxy groups -OCH3 is 1. The summed E-state index contributed by atoms with van der Waals surface area (Å²) in [6.07, 6.45) is 2.41. The molecule has 0 aromatic heterocycles. The van der Waals surface area contributed by atoms with E-state index in [1.165, 1.54) is 7.11 Å². The predicted octanol–water partition coefficient (Wildman–Crippen LogP) is 3.15. The smallest absolute Gasteiger partial charge is 0.308 e. The number of nitrogens with two attached hydrogens (primary N) is 1. The number of hydrogen-bond donors (Lipinski definition) is 1. The van der Waals surface area contributed by atoms with Crippen LogP contribution in [0.5, 0.6) is 0 Å². The number of carbonyl (C=O) groups is 2. The summed E-state index contributed by atoms with van der Waals surface area (Å²) in [6, 6.07) is 4.81. The quantitative estimate of drug-likeness (QED) is 0.558. The van der Waals surface area contributed by atoms with Crippen molar-refractivity contribution in [3.05, 3.63) is 28.8 Å².